The Bertz CT molecular complexity index is 154. The molecule has 0 spiro atoms. The molecule has 11 heavy (non-hydrogen) atoms. The standard InChI is InChI=1S/C9H17NO/c1-11-9(6-10)5-4-7-2-3-8(7)9/h7-8H,2-6,10H2,1H3. The number of nitrogens with two attached hydrogens (primary N) is 1. The van der Waals surface area contributed by atoms with Crippen LogP contribution in [0.1, 0.15) is 25.7 Å². The van der Waals surface area contributed by atoms with E-state index in [1.165, 1.54) is 25.7 Å². The third kappa shape index (κ3) is 0.859. The number of ether oxygens (including phenoxy) is 1. The zero-order valence-corrected chi connectivity index (χ0v) is 7.18. The van der Waals surface area contributed by atoms with Crippen molar-refractivity contribution in [3.63, 3.8) is 0 Å². The molecule has 3 atom stereocenters. The summed E-state index contributed by atoms with van der Waals surface area (Å²) in [6, 6.07) is 0. The maximum absolute atomic E-state index is 5.74. The molecule has 0 aliphatic heterocycles. The van der Waals surface area contributed by atoms with Crippen LogP contribution in [0.25, 0.3) is 0 Å². The molecule has 64 valence electrons. The maximum Gasteiger partial charge on any atom is 0.0831 e. The van der Waals surface area contributed by atoms with Crippen molar-refractivity contribution in [2.45, 2.75) is 31.3 Å². The van der Waals surface area contributed by atoms with Gasteiger partial charge < -0.3 is 10.5 Å². The predicted molar refractivity (Wildman–Crippen MR) is 44.2 cm³/mol. The summed E-state index contributed by atoms with van der Waals surface area (Å²) in [5.74, 6) is 1.73. The van der Waals surface area contributed by atoms with Crippen LogP contribution < -0.4 is 5.73 Å². The first-order valence-electron chi connectivity index (χ1n) is 4.57. The Morgan fingerprint density at radius 3 is 2.55 bits per heavy atom. The van der Waals surface area contributed by atoms with Crippen molar-refractivity contribution in [2.24, 2.45) is 17.6 Å². The van der Waals surface area contributed by atoms with Crippen LogP contribution in [0.4, 0.5) is 0 Å². The quantitative estimate of drug-likeness (QED) is 0.649. The zero-order chi connectivity index (χ0) is 7.90. The fourth-order valence-electron chi connectivity index (χ4n) is 2.81. The zero-order valence-electron chi connectivity index (χ0n) is 7.18. The molecule has 0 saturated heterocycles. The molecule has 2 aliphatic rings. The van der Waals surface area contributed by atoms with E-state index in [1.54, 1.807) is 0 Å². The van der Waals surface area contributed by atoms with Crippen LogP contribution in [-0.4, -0.2) is 19.3 Å². The van der Waals surface area contributed by atoms with E-state index in [9.17, 15) is 0 Å². The summed E-state index contributed by atoms with van der Waals surface area (Å²) in [5, 5.41) is 0. The van der Waals surface area contributed by atoms with Crippen molar-refractivity contribution in [2.75, 3.05) is 13.7 Å². The van der Waals surface area contributed by atoms with Crippen molar-refractivity contribution < 1.29 is 4.74 Å². The van der Waals surface area contributed by atoms with Crippen molar-refractivity contribution in [1.82, 2.24) is 0 Å². The molecule has 0 bridgehead atoms. The summed E-state index contributed by atoms with van der Waals surface area (Å²) < 4.78 is 5.56. The van der Waals surface area contributed by atoms with E-state index < -0.39 is 0 Å². The molecule has 0 heterocycles. The molecular weight excluding hydrogens is 138 g/mol. The molecule has 0 aromatic carbocycles. The molecular formula is C9H17NO. The summed E-state index contributed by atoms with van der Waals surface area (Å²) in [7, 11) is 1.81. The van der Waals surface area contributed by atoms with Gasteiger partial charge in [0, 0.05) is 13.7 Å². The van der Waals surface area contributed by atoms with Crippen LogP contribution in [0.3, 0.4) is 0 Å². The van der Waals surface area contributed by atoms with Crippen LogP contribution in [-0.2, 0) is 4.74 Å². The molecule has 0 aromatic heterocycles. The number of fused-ring (bicyclic) bond motifs is 1. The van der Waals surface area contributed by atoms with Gasteiger partial charge in [-0.3, -0.25) is 0 Å². The molecule has 2 saturated carbocycles. The Hall–Kier alpha value is -0.0800. The maximum atomic E-state index is 5.74. The topological polar surface area (TPSA) is 35.2 Å². The van der Waals surface area contributed by atoms with E-state index in [0.29, 0.717) is 6.54 Å². The van der Waals surface area contributed by atoms with Crippen LogP contribution in [0.2, 0.25) is 0 Å². The second-order valence-corrected chi connectivity index (χ2v) is 3.96. The van der Waals surface area contributed by atoms with Crippen LogP contribution in [0.5, 0.6) is 0 Å². The minimum Gasteiger partial charge on any atom is -0.377 e. The van der Waals surface area contributed by atoms with E-state index >= 15 is 0 Å². The molecule has 2 heteroatoms. The molecule has 2 rings (SSSR count). The minimum atomic E-state index is 0.0723. The lowest BCUT2D eigenvalue weighted by Crippen LogP contribution is -2.47. The summed E-state index contributed by atoms with van der Waals surface area (Å²) in [5.41, 5.74) is 5.81. The number of methoxy groups -OCH3 is 1. The van der Waals surface area contributed by atoms with Gasteiger partial charge in [-0.1, -0.05) is 0 Å². The normalized spacial score (nSPS) is 48.5. The Balaban J connectivity index is 2.11. The Kier molecular flexibility index (Phi) is 1.69. The average Bonchev–Trinajstić information content (AvgIpc) is 2.23. The molecule has 2 N–H and O–H groups in total. The molecule has 0 radical (unpaired) electrons. The van der Waals surface area contributed by atoms with E-state index in [-0.39, 0.29) is 5.60 Å². The SMILES string of the molecule is COC1(CN)CCC2CCC21. The highest BCUT2D eigenvalue weighted by molar-refractivity contribution is 5.04. The number of rotatable bonds is 2. The van der Waals surface area contributed by atoms with Crippen molar-refractivity contribution in [3.8, 4) is 0 Å². The molecule has 2 nitrogen and oxygen atoms in total. The van der Waals surface area contributed by atoms with Gasteiger partial charge in [-0.25, -0.2) is 0 Å². The lowest BCUT2D eigenvalue weighted by molar-refractivity contribution is -0.0655. The predicted octanol–water partition coefficient (Wildman–Crippen LogP) is 1.15. The van der Waals surface area contributed by atoms with Gasteiger partial charge in [-0.05, 0) is 37.5 Å². The summed E-state index contributed by atoms with van der Waals surface area (Å²) >= 11 is 0. The first kappa shape index (κ1) is 7.56. The van der Waals surface area contributed by atoms with Crippen molar-refractivity contribution in [1.29, 1.82) is 0 Å². The first-order valence-corrected chi connectivity index (χ1v) is 4.57. The Morgan fingerprint density at radius 1 is 1.45 bits per heavy atom. The molecule has 0 aromatic rings. The highest BCUT2D eigenvalue weighted by Crippen LogP contribution is 2.53. The highest BCUT2D eigenvalue weighted by atomic mass is 16.5. The van der Waals surface area contributed by atoms with Gasteiger partial charge in [-0.2, -0.15) is 0 Å². The van der Waals surface area contributed by atoms with E-state index in [2.05, 4.69) is 0 Å². The first-order chi connectivity index (χ1) is 5.32. The molecule has 2 aliphatic carbocycles. The minimum absolute atomic E-state index is 0.0723. The lowest BCUT2D eigenvalue weighted by atomic mass is 9.71. The smallest absolute Gasteiger partial charge is 0.0831 e. The van der Waals surface area contributed by atoms with Gasteiger partial charge in [-0.15, -0.1) is 0 Å². The monoisotopic (exact) mass is 155 g/mol. The van der Waals surface area contributed by atoms with Crippen molar-refractivity contribution in [3.05, 3.63) is 0 Å². The third-order valence-corrected chi connectivity index (χ3v) is 3.78. The average molecular weight is 155 g/mol. The molecule has 2 fully saturated rings. The third-order valence-electron chi connectivity index (χ3n) is 3.78. The van der Waals surface area contributed by atoms with E-state index in [0.717, 1.165) is 11.8 Å². The van der Waals surface area contributed by atoms with Crippen LogP contribution in [0, 0.1) is 11.8 Å². The van der Waals surface area contributed by atoms with Gasteiger partial charge in [0.2, 0.25) is 0 Å². The molecule has 3 unspecified atom stereocenters. The summed E-state index contributed by atoms with van der Waals surface area (Å²) in [4.78, 5) is 0. The van der Waals surface area contributed by atoms with Crippen LogP contribution in [0.15, 0.2) is 0 Å². The van der Waals surface area contributed by atoms with Crippen LogP contribution >= 0.6 is 0 Å². The van der Waals surface area contributed by atoms with Gasteiger partial charge in [0.1, 0.15) is 0 Å². The second kappa shape index (κ2) is 2.46. The lowest BCUT2D eigenvalue weighted by Gasteiger charge is -2.41. The second-order valence-electron chi connectivity index (χ2n) is 3.96. The molecule has 0 amide bonds. The van der Waals surface area contributed by atoms with Gasteiger partial charge in [0.15, 0.2) is 0 Å². The van der Waals surface area contributed by atoms with E-state index in [4.69, 9.17) is 10.5 Å². The number of hydrogen-bond donors (Lipinski definition) is 1. The Morgan fingerprint density at radius 2 is 2.27 bits per heavy atom. The van der Waals surface area contributed by atoms with Crippen molar-refractivity contribution >= 4 is 0 Å². The summed E-state index contributed by atoms with van der Waals surface area (Å²) in [6.07, 6.45) is 5.29. The fourth-order valence-corrected chi connectivity index (χ4v) is 2.81. The van der Waals surface area contributed by atoms with Gasteiger partial charge in [0.25, 0.3) is 0 Å². The highest BCUT2D eigenvalue weighted by Gasteiger charge is 2.52. The van der Waals surface area contributed by atoms with Gasteiger partial charge >= 0.3 is 0 Å². The largest absolute Gasteiger partial charge is 0.377 e. The fraction of sp³-hybridized carbons (Fsp3) is 1.00. The number of hydrogen-bond acceptors (Lipinski definition) is 2. The van der Waals surface area contributed by atoms with Gasteiger partial charge in [0.05, 0.1) is 5.60 Å². The van der Waals surface area contributed by atoms with E-state index in [1.807, 2.05) is 7.11 Å². The Labute approximate surface area is 68.1 Å². The summed E-state index contributed by atoms with van der Waals surface area (Å²) in [6.45, 7) is 0.713.